The van der Waals surface area contributed by atoms with Crippen LogP contribution in [0.2, 0.25) is 0 Å². The Bertz CT molecular complexity index is 266. The Morgan fingerprint density at radius 3 is 1.50 bits per heavy atom. The highest BCUT2D eigenvalue weighted by atomic mass is 16.5. The van der Waals surface area contributed by atoms with Crippen molar-refractivity contribution in [2.24, 2.45) is 0 Å². The van der Waals surface area contributed by atoms with Crippen LogP contribution in [-0.4, -0.2) is 59.8 Å². The van der Waals surface area contributed by atoms with Crippen LogP contribution in [0.15, 0.2) is 0 Å². The predicted octanol–water partition coefficient (Wildman–Crippen LogP) is 1.67. The van der Waals surface area contributed by atoms with Crippen molar-refractivity contribution in [1.82, 2.24) is 0 Å². The van der Waals surface area contributed by atoms with E-state index in [2.05, 4.69) is 0 Å². The fourth-order valence-electron chi connectivity index (χ4n) is 1.99. The van der Waals surface area contributed by atoms with Crippen molar-refractivity contribution >= 4 is 11.9 Å². The standard InChI is InChI=1S/C15H28O7/c16-13(7-3-1-5-9-21-11-14(17)18)8-4-2-6-10-22-12-15(19)20/h13,16H,1-12H2,(H,17,18)(H,19,20). The topological polar surface area (TPSA) is 113 Å². The van der Waals surface area contributed by atoms with E-state index >= 15 is 0 Å². The first-order valence-electron chi connectivity index (χ1n) is 7.79. The molecule has 0 atom stereocenters. The predicted molar refractivity (Wildman–Crippen MR) is 79.9 cm³/mol. The second kappa shape index (κ2) is 14.7. The summed E-state index contributed by atoms with van der Waals surface area (Å²) in [5, 5.41) is 26.5. The number of aliphatic carboxylic acids is 2. The molecule has 3 N–H and O–H groups in total. The van der Waals surface area contributed by atoms with E-state index in [1.807, 2.05) is 0 Å². The minimum atomic E-state index is -0.955. The molecule has 7 heteroatoms. The third-order valence-corrected chi connectivity index (χ3v) is 3.10. The molecule has 0 saturated carbocycles. The van der Waals surface area contributed by atoms with Crippen LogP contribution in [0.4, 0.5) is 0 Å². The Labute approximate surface area is 131 Å². The van der Waals surface area contributed by atoms with Crippen LogP contribution < -0.4 is 0 Å². The van der Waals surface area contributed by atoms with Gasteiger partial charge in [0, 0.05) is 13.2 Å². The second-order valence-corrected chi connectivity index (χ2v) is 5.25. The number of hydrogen-bond donors (Lipinski definition) is 3. The molecular weight excluding hydrogens is 292 g/mol. The maximum absolute atomic E-state index is 10.2. The molecule has 0 bridgehead atoms. The van der Waals surface area contributed by atoms with Gasteiger partial charge in [-0.05, 0) is 25.7 Å². The molecule has 0 aromatic rings. The molecule has 0 amide bonds. The van der Waals surface area contributed by atoms with E-state index in [4.69, 9.17) is 19.7 Å². The number of rotatable bonds is 16. The average molecular weight is 320 g/mol. The Kier molecular flexibility index (Phi) is 14.0. The third-order valence-electron chi connectivity index (χ3n) is 3.10. The third kappa shape index (κ3) is 16.9. The lowest BCUT2D eigenvalue weighted by molar-refractivity contribution is -0.143. The van der Waals surface area contributed by atoms with Gasteiger partial charge in [0.1, 0.15) is 13.2 Å². The number of ether oxygens (including phenoxy) is 2. The van der Waals surface area contributed by atoms with Gasteiger partial charge in [0.2, 0.25) is 0 Å². The minimum absolute atomic E-state index is 0.251. The zero-order chi connectivity index (χ0) is 16.6. The minimum Gasteiger partial charge on any atom is -0.480 e. The number of carboxylic acid groups (broad SMARTS) is 2. The SMILES string of the molecule is O=C(O)COCCCCCC(O)CCCCCOCC(=O)O. The molecule has 0 aromatic carbocycles. The summed E-state index contributed by atoms with van der Waals surface area (Å²) in [5.74, 6) is -1.91. The smallest absolute Gasteiger partial charge is 0.329 e. The summed E-state index contributed by atoms with van der Waals surface area (Å²) < 4.78 is 9.84. The normalized spacial score (nSPS) is 11.0. The lowest BCUT2D eigenvalue weighted by Gasteiger charge is -2.10. The number of unbranched alkanes of at least 4 members (excludes halogenated alkanes) is 4. The molecule has 0 rings (SSSR count). The molecule has 0 fully saturated rings. The van der Waals surface area contributed by atoms with Gasteiger partial charge in [-0.2, -0.15) is 0 Å². The highest BCUT2D eigenvalue weighted by Gasteiger charge is 2.04. The zero-order valence-electron chi connectivity index (χ0n) is 13.0. The molecule has 0 radical (unpaired) electrons. The van der Waals surface area contributed by atoms with Crippen LogP contribution in [0.5, 0.6) is 0 Å². The van der Waals surface area contributed by atoms with Crippen molar-refractivity contribution in [3.63, 3.8) is 0 Å². The van der Waals surface area contributed by atoms with Crippen LogP contribution in [0.3, 0.4) is 0 Å². The van der Waals surface area contributed by atoms with Gasteiger partial charge < -0.3 is 24.8 Å². The lowest BCUT2D eigenvalue weighted by atomic mass is 10.0. The zero-order valence-corrected chi connectivity index (χ0v) is 13.0. The summed E-state index contributed by atoms with van der Waals surface area (Å²) in [6.07, 6.45) is 6.43. The van der Waals surface area contributed by atoms with E-state index < -0.39 is 11.9 Å². The van der Waals surface area contributed by atoms with Gasteiger partial charge >= 0.3 is 11.9 Å². The number of hydrogen-bond acceptors (Lipinski definition) is 5. The average Bonchev–Trinajstić information content (AvgIpc) is 2.44. The van der Waals surface area contributed by atoms with Crippen molar-refractivity contribution in [2.45, 2.75) is 57.5 Å². The summed E-state index contributed by atoms with van der Waals surface area (Å²) in [7, 11) is 0. The van der Waals surface area contributed by atoms with Gasteiger partial charge in [0.05, 0.1) is 6.10 Å². The molecule has 130 valence electrons. The maximum Gasteiger partial charge on any atom is 0.329 e. The Morgan fingerprint density at radius 1 is 0.727 bits per heavy atom. The first-order chi connectivity index (χ1) is 10.5. The van der Waals surface area contributed by atoms with Crippen molar-refractivity contribution < 1.29 is 34.4 Å². The highest BCUT2D eigenvalue weighted by Crippen LogP contribution is 2.11. The maximum atomic E-state index is 10.2. The van der Waals surface area contributed by atoms with Crippen LogP contribution in [-0.2, 0) is 19.1 Å². The van der Waals surface area contributed by atoms with E-state index in [1.54, 1.807) is 0 Å². The molecule has 0 aliphatic rings. The van der Waals surface area contributed by atoms with E-state index in [9.17, 15) is 14.7 Å². The van der Waals surface area contributed by atoms with Gasteiger partial charge in [-0.15, -0.1) is 0 Å². The Morgan fingerprint density at radius 2 is 1.14 bits per heavy atom. The summed E-state index contributed by atoms with van der Waals surface area (Å²) in [6, 6.07) is 0. The molecule has 0 spiro atoms. The Hall–Kier alpha value is -1.18. The molecule has 22 heavy (non-hydrogen) atoms. The van der Waals surface area contributed by atoms with Crippen molar-refractivity contribution in [2.75, 3.05) is 26.4 Å². The Balaban J connectivity index is 3.21. The van der Waals surface area contributed by atoms with Crippen molar-refractivity contribution in [3.05, 3.63) is 0 Å². The largest absolute Gasteiger partial charge is 0.480 e. The number of carbonyl (C=O) groups is 2. The van der Waals surface area contributed by atoms with Gasteiger partial charge in [0.15, 0.2) is 0 Å². The number of carboxylic acids is 2. The van der Waals surface area contributed by atoms with Crippen LogP contribution in [0, 0.1) is 0 Å². The molecule has 0 aliphatic carbocycles. The van der Waals surface area contributed by atoms with Gasteiger partial charge in [-0.3, -0.25) is 0 Å². The van der Waals surface area contributed by atoms with Gasteiger partial charge in [0.25, 0.3) is 0 Å². The van der Waals surface area contributed by atoms with Crippen molar-refractivity contribution in [3.8, 4) is 0 Å². The summed E-state index contributed by atoms with van der Waals surface area (Å²) in [6.45, 7) is 0.384. The fraction of sp³-hybridized carbons (Fsp3) is 0.867. The summed E-state index contributed by atoms with van der Waals surface area (Å²) in [5.41, 5.74) is 0. The van der Waals surface area contributed by atoms with E-state index in [0.717, 1.165) is 51.4 Å². The summed E-state index contributed by atoms with van der Waals surface area (Å²) >= 11 is 0. The van der Waals surface area contributed by atoms with Gasteiger partial charge in [-0.25, -0.2) is 9.59 Å². The molecule has 0 saturated heterocycles. The number of aliphatic hydroxyl groups is 1. The lowest BCUT2D eigenvalue weighted by Crippen LogP contribution is -2.09. The van der Waals surface area contributed by atoms with Crippen LogP contribution >= 0.6 is 0 Å². The second-order valence-electron chi connectivity index (χ2n) is 5.25. The monoisotopic (exact) mass is 320 g/mol. The fourth-order valence-corrected chi connectivity index (χ4v) is 1.99. The first kappa shape index (κ1) is 20.8. The van der Waals surface area contributed by atoms with Gasteiger partial charge in [-0.1, -0.05) is 25.7 Å². The molecule has 0 unspecified atom stereocenters. The van der Waals surface area contributed by atoms with Crippen LogP contribution in [0.25, 0.3) is 0 Å². The molecular formula is C15H28O7. The molecule has 0 aliphatic heterocycles. The van der Waals surface area contributed by atoms with E-state index in [-0.39, 0.29) is 19.3 Å². The van der Waals surface area contributed by atoms with E-state index in [0.29, 0.717) is 13.2 Å². The summed E-state index contributed by atoms with van der Waals surface area (Å²) in [4.78, 5) is 20.4. The molecule has 0 aromatic heterocycles. The highest BCUT2D eigenvalue weighted by molar-refractivity contribution is 5.68. The van der Waals surface area contributed by atoms with Crippen molar-refractivity contribution in [1.29, 1.82) is 0 Å². The number of aliphatic hydroxyl groups excluding tert-OH is 1. The molecule has 0 heterocycles. The van der Waals surface area contributed by atoms with E-state index in [1.165, 1.54) is 0 Å². The first-order valence-corrected chi connectivity index (χ1v) is 7.79. The van der Waals surface area contributed by atoms with Crippen LogP contribution in [0.1, 0.15) is 51.4 Å². The molecule has 7 nitrogen and oxygen atoms in total. The quantitative estimate of drug-likeness (QED) is 0.371.